The Morgan fingerprint density at radius 1 is 1.48 bits per heavy atom. The summed E-state index contributed by atoms with van der Waals surface area (Å²) in [5.41, 5.74) is 8.11. The molecule has 126 valence electrons. The lowest BCUT2D eigenvalue weighted by atomic mass is 10.1. The zero-order valence-corrected chi connectivity index (χ0v) is 14.2. The van der Waals surface area contributed by atoms with Gasteiger partial charge in [-0.05, 0) is 43.9 Å². The Morgan fingerprint density at radius 2 is 2.17 bits per heavy atom. The highest BCUT2D eigenvalue weighted by atomic mass is 35.5. The van der Waals surface area contributed by atoms with Gasteiger partial charge in [0.15, 0.2) is 0 Å². The Balaban J connectivity index is 0.00000192. The first-order chi connectivity index (χ1) is 10.5. The summed E-state index contributed by atoms with van der Waals surface area (Å²) in [7, 11) is 1.87. The van der Waals surface area contributed by atoms with Crippen molar-refractivity contribution in [2.45, 2.75) is 31.8 Å². The van der Waals surface area contributed by atoms with Gasteiger partial charge in [-0.1, -0.05) is 0 Å². The van der Waals surface area contributed by atoms with Crippen molar-refractivity contribution in [3.8, 4) is 0 Å². The number of nitrogens with one attached hydrogen (secondary N) is 2. The van der Waals surface area contributed by atoms with Crippen molar-refractivity contribution in [1.82, 2.24) is 5.32 Å². The number of halogens is 1. The summed E-state index contributed by atoms with van der Waals surface area (Å²) in [6, 6.07) is 5.17. The molecular weight excluding hydrogens is 316 g/mol. The van der Waals surface area contributed by atoms with Crippen LogP contribution in [0.2, 0.25) is 0 Å². The molecule has 4 N–H and O–H groups in total. The minimum atomic E-state index is -0.219. The molecule has 2 unspecified atom stereocenters. The summed E-state index contributed by atoms with van der Waals surface area (Å²) < 4.78 is 0. The van der Waals surface area contributed by atoms with Gasteiger partial charge in [-0.2, -0.15) is 0 Å². The van der Waals surface area contributed by atoms with Gasteiger partial charge < -0.3 is 21.3 Å². The number of fused-ring (bicyclic) bond motifs is 1. The lowest BCUT2D eigenvalue weighted by molar-refractivity contribution is -0.117. The average Bonchev–Trinajstić information content (AvgIpc) is 3.34. The number of likely N-dealkylation sites (N-methyl/N-ethyl adjacent to an activating group) is 1. The molecule has 6 nitrogen and oxygen atoms in total. The summed E-state index contributed by atoms with van der Waals surface area (Å²) >= 11 is 0. The summed E-state index contributed by atoms with van der Waals surface area (Å²) in [5, 5.41) is 5.71. The molecule has 23 heavy (non-hydrogen) atoms. The molecule has 0 aromatic heterocycles. The van der Waals surface area contributed by atoms with Gasteiger partial charge in [-0.25, -0.2) is 0 Å². The van der Waals surface area contributed by atoms with Gasteiger partial charge in [-0.3, -0.25) is 9.59 Å². The van der Waals surface area contributed by atoms with E-state index >= 15 is 0 Å². The fraction of sp³-hybridized carbons (Fsp3) is 0.500. The van der Waals surface area contributed by atoms with Crippen LogP contribution in [0.1, 0.15) is 30.1 Å². The fourth-order valence-electron chi connectivity index (χ4n) is 2.71. The summed E-state index contributed by atoms with van der Waals surface area (Å²) in [5.74, 6) is 0.330. The first-order valence-corrected chi connectivity index (χ1v) is 7.69. The number of carbonyl (C=O) groups excluding carboxylic acids is 2. The van der Waals surface area contributed by atoms with Crippen molar-refractivity contribution in [3.63, 3.8) is 0 Å². The number of rotatable bonds is 4. The largest absolute Gasteiger partial charge is 0.361 e. The Hall–Kier alpha value is -1.79. The van der Waals surface area contributed by atoms with E-state index < -0.39 is 0 Å². The van der Waals surface area contributed by atoms with E-state index in [2.05, 4.69) is 10.6 Å². The van der Waals surface area contributed by atoms with Crippen molar-refractivity contribution < 1.29 is 9.59 Å². The van der Waals surface area contributed by atoms with Gasteiger partial charge >= 0.3 is 0 Å². The molecule has 7 heteroatoms. The third-order valence-corrected chi connectivity index (χ3v) is 4.58. The van der Waals surface area contributed by atoms with Crippen molar-refractivity contribution in [3.05, 3.63) is 23.8 Å². The highest BCUT2D eigenvalue weighted by molar-refractivity contribution is 6.05. The predicted octanol–water partition coefficient (Wildman–Crippen LogP) is 1.35. The van der Waals surface area contributed by atoms with Crippen LogP contribution >= 0.6 is 12.4 Å². The molecule has 2 atom stereocenters. The summed E-state index contributed by atoms with van der Waals surface area (Å²) in [6.45, 7) is 2.34. The van der Waals surface area contributed by atoms with E-state index in [9.17, 15) is 9.59 Å². The van der Waals surface area contributed by atoms with E-state index in [1.165, 1.54) is 0 Å². The lowest BCUT2D eigenvalue weighted by Gasteiger charge is -2.33. The lowest BCUT2D eigenvalue weighted by Crippen LogP contribution is -2.44. The Kier molecular flexibility index (Phi) is 5.16. The molecule has 2 aliphatic rings. The topological polar surface area (TPSA) is 87.5 Å². The number of hydrogen-bond acceptors (Lipinski definition) is 4. The Morgan fingerprint density at radius 3 is 2.83 bits per heavy atom. The quantitative estimate of drug-likeness (QED) is 0.773. The molecule has 1 aromatic carbocycles. The second-order valence-electron chi connectivity index (χ2n) is 6.22. The van der Waals surface area contributed by atoms with Crippen molar-refractivity contribution >= 4 is 35.6 Å². The van der Waals surface area contributed by atoms with Crippen LogP contribution in [0.3, 0.4) is 0 Å². The highest BCUT2D eigenvalue weighted by Gasteiger charge is 2.29. The molecule has 1 aliphatic carbocycles. The third-order valence-electron chi connectivity index (χ3n) is 4.58. The van der Waals surface area contributed by atoms with Gasteiger partial charge in [0.1, 0.15) is 6.04 Å². The number of nitrogens with zero attached hydrogens (tertiary/aromatic N) is 1. The van der Waals surface area contributed by atoms with Gasteiger partial charge in [0.25, 0.3) is 5.91 Å². The maximum Gasteiger partial charge on any atom is 0.251 e. The molecule has 0 radical (unpaired) electrons. The number of amides is 2. The van der Waals surface area contributed by atoms with Crippen LogP contribution in [0.4, 0.5) is 11.4 Å². The molecule has 0 bridgehead atoms. The monoisotopic (exact) mass is 338 g/mol. The van der Waals surface area contributed by atoms with Crippen LogP contribution in [0.5, 0.6) is 0 Å². The van der Waals surface area contributed by atoms with Gasteiger partial charge in [0.2, 0.25) is 5.91 Å². The second kappa shape index (κ2) is 6.76. The molecule has 1 aromatic rings. The number of benzene rings is 1. The minimum absolute atomic E-state index is 0. The zero-order chi connectivity index (χ0) is 15.9. The van der Waals surface area contributed by atoms with Gasteiger partial charge in [-0.15, -0.1) is 12.4 Å². The van der Waals surface area contributed by atoms with Gasteiger partial charge in [0, 0.05) is 25.2 Å². The molecule has 0 spiro atoms. The van der Waals surface area contributed by atoms with Crippen molar-refractivity contribution in [2.75, 3.05) is 23.8 Å². The van der Waals surface area contributed by atoms with E-state index in [0.29, 0.717) is 23.7 Å². The third kappa shape index (κ3) is 3.59. The maximum absolute atomic E-state index is 12.2. The summed E-state index contributed by atoms with van der Waals surface area (Å²) in [6.07, 6.45) is 2.32. The van der Waals surface area contributed by atoms with Crippen LogP contribution in [0.15, 0.2) is 18.2 Å². The molecule has 1 aliphatic heterocycles. The number of carbonyl (C=O) groups is 2. The van der Waals surface area contributed by atoms with E-state index in [4.69, 9.17) is 5.73 Å². The van der Waals surface area contributed by atoms with Crippen LogP contribution in [-0.2, 0) is 4.79 Å². The first kappa shape index (κ1) is 17.6. The van der Waals surface area contributed by atoms with E-state index in [0.717, 1.165) is 18.5 Å². The van der Waals surface area contributed by atoms with Crippen LogP contribution in [-0.4, -0.2) is 37.5 Å². The minimum Gasteiger partial charge on any atom is -0.361 e. The van der Waals surface area contributed by atoms with Crippen LogP contribution < -0.4 is 21.3 Å². The van der Waals surface area contributed by atoms with Crippen LogP contribution in [0.25, 0.3) is 0 Å². The molecular formula is C16H23ClN4O2. The zero-order valence-electron chi connectivity index (χ0n) is 13.3. The average molecular weight is 339 g/mol. The summed E-state index contributed by atoms with van der Waals surface area (Å²) in [4.78, 5) is 26.0. The SMILES string of the molecule is CC1C(=O)Nc2cc(C(=O)NCC(N)C3CC3)ccc2N1C.Cl. The number of hydrogen-bond donors (Lipinski definition) is 3. The molecule has 1 fully saturated rings. The first-order valence-electron chi connectivity index (χ1n) is 7.69. The molecule has 1 saturated carbocycles. The Labute approximate surface area is 142 Å². The number of anilines is 2. The normalized spacial score (nSPS) is 20.9. The standard InChI is InChI=1S/C16H22N4O2.ClH/c1-9-15(21)19-13-7-11(5-6-14(13)20(9)2)16(22)18-8-12(17)10-3-4-10;/h5-7,9-10,12H,3-4,8,17H2,1-2H3,(H,18,22)(H,19,21);1H. The van der Waals surface area contributed by atoms with Crippen molar-refractivity contribution in [2.24, 2.45) is 11.7 Å². The molecule has 1 heterocycles. The predicted molar refractivity (Wildman–Crippen MR) is 93.2 cm³/mol. The fourth-order valence-corrected chi connectivity index (χ4v) is 2.71. The van der Waals surface area contributed by atoms with Crippen molar-refractivity contribution in [1.29, 1.82) is 0 Å². The second-order valence-corrected chi connectivity index (χ2v) is 6.22. The highest BCUT2D eigenvalue weighted by Crippen LogP contribution is 2.32. The number of nitrogens with two attached hydrogens (primary N) is 1. The molecule has 2 amide bonds. The maximum atomic E-state index is 12.2. The van der Waals surface area contributed by atoms with E-state index in [1.54, 1.807) is 12.1 Å². The van der Waals surface area contributed by atoms with E-state index in [1.807, 2.05) is 24.9 Å². The smallest absolute Gasteiger partial charge is 0.251 e. The van der Waals surface area contributed by atoms with Gasteiger partial charge in [0.05, 0.1) is 11.4 Å². The Bertz CT molecular complexity index is 618. The molecule has 0 saturated heterocycles. The van der Waals surface area contributed by atoms with Crippen LogP contribution in [0, 0.1) is 5.92 Å². The molecule has 3 rings (SSSR count). The van der Waals surface area contributed by atoms with E-state index in [-0.39, 0.29) is 36.3 Å².